The number of phenols is 1. The van der Waals surface area contributed by atoms with E-state index in [4.69, 9.17) is 14.2 Å². The van der Waals surface area contributed by atoms with Crippen molar-refractivity contribution in [3.05, 3.63) is 23.3 Å². The summed E-state index contributed by atoms with van der Waals surface area (Å²) in [6.07, 6.45) is 6.02. The van der Waals surface area contributed by atoms with Crippen molar-refractivity contribution in [1.82, 2.24) is 10.2 Å². The van der Waals surface area contributed by atoms with Crippen LogP contribution in [-0.2, 0) is 26.1 Å². The van der Waals surface area contributed by atoms with E-state index in [1.807, 2.05) is 27.9 Å². The molecule has 3 aliphatic carbocycles. The molecule has 5 aliphatic rings. The summed E-state index contributed by atoms with van der Waals surface area (Å²) in [5.74, 6) is 1.49. The molecule has 2 aliphatic heterocycles. The molecule has 7 nitrogen and oxygen atoms in total. The highest BCUT2D eigenvalue weighted by atomic mass is 16.6. The number of aromatic hydroxyl groups is 1. The minimum absolute atomic E-state index is 0.0587. The first kappa shape index (κ1) is 25.4. The molecule has 3 fully saturated rings. The number of hydrogen-bond acceptors (Lipinski definition) is 7. The SMILES string of the molecule is CO[C@@]12CC[C@@H](N[C@@H](C(=O)OC(C)(C)C)C(C)C)[C@@H]3Oc4c(O)ccc5c4[C@@]31CCN(CC1CC1)[C@@H]2C5. The summed E-state index contributed by atoms with van der Waals surface area (Å²) >= 11 is 0. The van der Waals surface area contributed by atoms with Gasteiger partial charge >= 0.3 is 5.97 Å². The number of nitrogens with one attached hydrogen (secondary N) is 1. The third kappa shape index (κ3) is 3.75. The molecule has 2 N–H and O–H groups in total. The van der Waals surface area contributed by atoms with E-state index in [1.54, 1.807) is 6.07 Å². The summed E-state index contributed by atoms with van der Waals surface area (Å²) in [6.45, 7) is 12.0. The number of rotatable bonds is 7. The standard InChI is InChI=1S/C30H44N2O5/c1-17(2)24(27(34)37-28(3,4)5)31-20-11-12-30(35-6)22-15-19-9-10-21(33)25-23(19)29(30,26(20)36-25)13-14-32(22)16-18-7-8-18/h9-10,17-18,20,22,24,26,31,33H,7-8,11-16H2,1-6H3/t20-,22-,24-,26+,29+,30-/m1/s1. The quantitative estimate of drug-likeness (QED) is 0.536. The zero-order valence-corrected chi connectivity index (χ0v) is 23.3. The van der Waals surface area contributed by atoms with E-state index in [0.717, 1.165) is 50.3 Å². The number of methoxy groups -OCH3 is 1. The molecule has 204 valence electrons. The molecule has 0 aromatic heterocycles. The van der Waals surface area contributed by atoms with Crippen LogP contribution in [0.2, 0.25) is 0 Å². The Labute approximate surface area is 221 Å². The number of ether oxygens (including phenoxy) is 3. The second-order valence-electron chi connectivity index (χ2n) is 13.5. The number of esters is 1. The zero-order chi connectivity index (χ0) is 26.3. The Bertz CT molecular complexity index is 1080. The Balaban J connectivity index is 1.40. The number of hydrogen-bond donors (Lipinski definition) is 2. The van der Waals surface area contributed by atoms with Gasteiger partial charge in [0.25, 0.3) is 0 Å². The van der Waals surface area contributed by atoms with Gasteiger partial charge in [-0.25, -0.2) is 0 Å². The van der Waals surface area contributed by atoms with Crippen molar-refractivity contribution in [3.8, 4) is 11.5 Å². The number of carbonyl (C=O) groups is 1. The van der Waals surface area contributed by atoms with Gasteiger partial charge < -0.3 is 19.3 Å². The molecule has 1 aromatic rings. The molecule has 0 unspecified atom stereocenters. The maximum absolute atomic E-state index is 13.3. The van der Waals surface area contributed by atoms with E-state index in [0.29, 0.717) is 5.75 Å². The van der Waals surface area contributed by atoms with Crippen LogP contribution in [0.1, 0.15) is 77.8 Å². The van der Waals surface area contributed by atoms with Gasteiger partial charge in [0.05, 0.1) is 11.0 Å². The van der Waals surface area contributed by atoms with Gasteiger partial charge in [-0.05, 0) is 89.3 Å². The largest absolute Gasteiger partial charge is 0.504 e. The van der Waals surface area contributed by atoms with E-state index in [2.05, 4.69) is 30.1 Å². The van der Waals surface area contributed by atoms with E-state index in [9.17, 15) is 9.90 Å². The summed E-state index contributed by atoms with van der Waals surface area (Å²) in [5, 5.41) is 14.7. The summed E-state index contributed by atoms with van der Waals surface area (Å²) in [4.78, 5) is 16.0. The van der Waals surface area contributed by atoms with Gasteiger partial charge in [0, 0.05) is 31.3 Å². The molecule has 1 spiro atoms. The summed E-state index contributed by atoms with van der Waals surface area (Å²) in [6, 6.07) is 3.68. The lowest BCUT2D eigenvalue weighted by atomic mass is 9.48. The predicted molar refractivity (Wildman–Crippen MR) is 141 cm³/mol. The van der Waals surface area contributed by atoms with Gasteiger partial charge in [-0.2, -0.15) is 0 Å². The third-order valence-electron chi connectivity index (χ3n) is 9.81. The first-order valence-electron chi connectivity index (χ1n) is 14.3. The number of phenolic OH excluding ortho intramolecular Hbond substituents is 1. The Morgan fingerprint density at radius 1 is 1.24 bits per heavy atom. The average Bonchev–Trinajstić information content (AvgIpc) is 3.57. The van der Waals surface area contributed by atoms with Crippen molar-refractivity contribution in [1.29, 1.82) is 0 Å². The number of carbonyl (C=O) groups excluding carboxylic acids is 1. The van der Waals surface area contributed by atoms with Crippen LogP contribution in [0, 0.1) is 11.8 Å². The van der Waals surface area contributed by atoms with Crippen molar-refractivity contribution >= 4 is 5.97 Å². The molecule has 7 heteroatoms. The lowest BCUT2D eigenvalue weighted by Crippen LogP contribution is -2.79. The van der Waals surface area contributed by atoms with E-state index >= 15 is 0 Å². The van der Waals surface area contributed by atoms with Crippen LogP contribution in [0.3, 0.4) is 0 Å². The minimum Gasteiger partial charge on any atom is -0.504 e. The normalized spacial score (nSPS) is 35.2. The van der Waals surface area contributed by atoms with Crippen molar-refractivity contribution < 1.29 is 24.1 Å². The van der Waals surface area contributed by atoms with Crippen LogP contribution >= 0.6 is 0 Å². The molecule has 1 aromatic carbocycles. The predicted octanol–water partition coefficient (Wildman–Crippen LogP) is 3.93. The molecular formula is C30H44N2O5. The summed E-state index contributed by atoms with van der Waals surface area (Å²) < 4.78 is 19.3. The molecule has 6 rings (SSSR count). The molecule has 6 atom stereocenters. The molecular weight excluding hydrogens is 468 g/mol. The van der Waals surface area contributed by atoms with Gasteiger partial charge in [-0.1, -0.05) is 19.9 Å². The average molecular weight is 513 g/mol. The second kappa shape index (κ2) is 8.59. The molecule has 2 saturated carbocycles. The fourth-order valence-electron chi connectivity index (χ4n) is 8.17. The van der Waals surface area contributed by atoms with Crippen LogP contribution < -0.4 is 10.1 Å². The number of nitrogens with zero attached hydrogens (tertiary/aromatic N) is 1. The highest BCUT2D eigenvalue weighted by Crippen LogP contribution is 2.66. The van der Waals surface area contributed by atoms with Gasteiger partial charge in [-0.3, -0.25) is 15.0 Å². The molecule has 2 bridgehead atoms. The molecule has 0 radical (unpaired) electrons. The first-order valence-corrected chi connectivity index (χ1v) is 14.3. The smallest absolute Gasteiger partial charge is 0.323 e. The summed E-state index contributed by atoms with van der Waals surface area (Å²) in [5.41, 5.74) is 1.15. The Morgan fingerprint density at radius 3 is 2.65 bits per heavy atom. The van der Waals surface area contributed by atoms with E-state index < -0.39 is 11.6 Å². The van der Waals surface area contributed by atoms with E-state index in [1.165, 1.54) is 18.4 Å². The summed E-state index contributed by atoms with van der Waals surface area (Å²) in [7, 11) is 1.88. The van der Waals surface area contributed by atoms with Crippen molar-refractivity contribution in [3.63, 3.8) is 0 Å². The Morgan fingerprint density at radius 2 is 2.00 bits per heavy atom. The highest BCUT2D eigenvalue weighted by molar-refractivity contribution is 5.76. The molecule has 2 heterocycles. The third-order valence-corrected chi connectivity index (χ3v) is 9.81. The van der Waals surface area contributed by atoms with Crippen LogP contribution in [0.4, 0.5) is 0 Å². The fraction of sp³-hybridized carbons (Fsp3) is 0.767. The van der Waals surface area contributed by atoms with Gasteiger partial charge in [0.15, 0.2) is 11.5 Å². The number of likely N-dealkylation sites (tertiary alicyclic amines) is 1. The van der Waals surface area contributed by atoms with Crippen LogP contribution in [0.5, 0.6) is 11.5 Å². The molecule has 0 amide bonds. The van der Waals surface area contributed by atoms with Gasteiger partial charge in [-0.15, -0.1) is 0 Å². The number of piperidine rings is 1. The van der Waals surface area contributed by atoms with Crippen molar-refractivity contribution in [2.75, 3.05) is 20.2 Å². The molecule has 37 heavy (non-hydrogen) atoms. The second-order valence-corrected chi connectivity index (χ2v) is 13.5. The fourth-order valence-corrected chi connectivity index (χ4v) is 8.17. The van der Waals surface area contributed by atoms with E-state index in [-0.39, 0.29) is 46.8 Å². The van der Waals surface area contributed by atoms with Crippen molar-refractivity contribution in [2.45, 2.75) is 114 Å². The van der Waals surface area contributed by atoms with Crippen LogP contribution in [-0.4, -0.2) is 71.6 Å². The maximum atomic E-state index is 13.3. The first-order chi connectivity index (χ1) is 17.5. The Kier molecular flexibility index (Phi) is 5.91. The Hall–Kier alpha value is -1.83. The lowest BCUT2D eigenvalue weighted by Gasteiger charge is -2.66. The van der Waals surface area contributed by atoms with Gasteiger partial charge in [0.1, 0.15) is 17.7 Å². The highest BCUT2D eigenvalue weighted by Gasteiger charge is 2.74. The van der Waals surface area contributed by atoms with Crippen LogP contribution in [0.25, 0.3) is 0 Å². The van der Waals surface area contributed by atoms with Crippen LogP contribution in [0.15, 0.2) is 12.1 Å². The lowest BCUT2D eigenvalue weighted by molar-refractivity contribution is -0.208. The maximum Gasteiger partial charge on any atom is 0.323 e. The molecule has 1 saturated heterocycles. The van der Waals surface area contributed by atoms with Gasteiger partial charge in [0.2, 0.25) is 0 Å². The zero-order valence-electron chi connectivity index (χ0n) is 23.3. The topological polar surface area (TPSA) is 80.3 Å². The van der Waals surface area contributed by atoms with Crippen molar-refractivity contribution in [2.24, 2.45) is 11.8 Å². The number of benzene rings is 1. The monoisotopic (exact) mass is 512 g/mol. The minimum atomic E-state index is -0.547.